The lowest BCUT2D eigenvalue weighted by atomic mass is 10.2. The van der Waals surface area contributed by atoms with E-state index in [1.165, 1.54) is 0 Å². The molecule has 0 radical (unpaired) electrons. The fourth-order valence-corrected chi connectivity index (χ4v) is 2.36. The monoisotopic (exact) mass is 307 g/mol. The highest BCUT2D eigenvalue weighted by molar-refractivity contribution is 9.10. The fourth-order valence-electron chi connectivity index (χ4n) is 1.81. The number of carboxylic acid groups (broad SMARTS) is 1. The molecule has 2 heterocycles. The number of aliphatic carboxylic acids is 1. The van der Waals surface area contributed by atoms with Gasteiger partial charge in [0.1, 0.15) is 11.9 Å². The summed E-state index contributed by atoms with van der Waals surface area (Å²) in [6.45, 7) is 0. The van der Waals surface area contributed by atoms with Gasteiger partial charge in [0, 0.05) is 12.8 Å². The predicted molar refractivity (Wildman–Crippen MR) is 68.2 cm³/mol. The Morgan fingerprint density at radius 2 is 2.33 bits per heavy atom. The Labute approximate surface area is 112 Å². The van der Waals surface area contributed by atoms with Crippen molar-refractivity contribution in [3.05, 3.63) is 34.3 Å². The van der Waals surface area contributed by atoms with Gasteiger partial charge in [-0.25, -0.2) is 4.98 Å². The van der Waals surface area contributed by atoms with Crippen LogP contribution in [0.3, 0.4) is 0 Å². The average Bonchev–Trinajstić information content (AvgIpc) is 2.68. The molecule has 0 aliphatic rings. The summed E-state index contributed by atoms with van der Waals surface area (Å²) in [7, 11) is 0. The first-order valence-corrected chi connectivity index (χ1v) is 6.20. The molecule has 0 atom stereocenters. The molecule has 2 aromatic heterocycles. The number of hydrogen-bond donors (Lipinski definition) is 1. The summed E-state index contributed by atoms with van der Waals surface area (Å²) in [6, 6.07) is 7.56. The molecule has 2 aromatic rings. The molecule has 0 bridgehead atoms. The SMILES string of the molecule is N#Cc1nc(CCCC(=O)O)n2c(Br)cccc12. The zero-order valence-corrected chi connectivity index (χ0v) is 11.0. The van der Waals surface area contributed by atoms with Crippen LogP contribution in [0.4, 0.5) is 0 Å². The molecule has 0 aromatic carbocycles. The van der Waals surface area contributed by atoms with E-state index in [2.05, 4.69) is 20.9 Å². The number of halogens is 1. The van der Waals surface area contributed by atoms with Gasteiger partial charge in [0.05, 0.1) is 10.1 Å². The van der Waals surface area contributed by atoms with E-state index in [1.54, 1.807) is 0 Å². The fraction of sp³-hybridized carbons (Fsp3) is 0.250. The number of carboxylic acids is 1. The van der Waals surface area contributed by atoms with Crippen molar-refractivity contribution < 1.29 is 9.90 Å². The second-order valence-corrected chi connectivity index (χ2v) is 4.62. The van der Waals surface area contributed by atoms with Gasteiger partial charge in [-0.1, -0.05) is 6.07 Å². The van der Waals surface area contributed by atoms with Crippen molar-refractivity contribution in [1.29, 1.82) is 5.26 Å². The van der Waals surface area contributed by atoms with E-state index in [0.29, 0.717) is 24.4 Å². The lowest BCUT2D eigenvalue weighted by Gasteiger charge is -2.02. The van der Waals surface area contributed by atoms with Gasteiger partial charge in [0.15, 0.2) is 5.69 Å². The van der Waals surface area contributed by atoms with Crippen LogP contribution in [0.25, 0.3) is 5.52 Å². The van der Waals surface area contributed by atoms with Gasteiger partial charge in [-0.05, 0) is 34.5 Å². The minimum Gasteiger partial charge on any atom is -0.481 e. The van der Waals surface area contributed by atoms with Gasteiger partial charge >= 0.3 is 5.97 Å². The van der Waals surface area contributed by atoms with E-state index in [1.807, 2.05) is 28.7 Å². The predicted octanol–water partition coefficient (Wildman–Crippen LogP) is 2.38. The lowest BCUT2D eigenvalue weighted by Crippen LogP contribution is -2.00. The van der Waals surface area contributed by atoms with Crippen molar-refractivity contribution in [2.75, 3.05) is 0 Å². The largest absolute Gasteiger partial charge is 0.481 e. The molecular formula is C12H10BrN3O2. The standard InChI is InChI=1S/C12H10BrN3O2/c13-10-4-1-3-9-8(7-14)15-11(16(9)10)5-2-6-12(17)18/h1,3-4H,2,5-6H2,(H,17,18). The van der Waals surface area contributed by atoms with Crippen molar-refractivity contribution in [1.82, 2.24) is 9.38 Å². The van der Waals surface area contributed by atoms with Crippen molar-refractivity contribution >= 4 is 27.4 Å². The quantitative estimate of drug-likeness (QED) is 0.880. The number of imidazole rings is 1. The van der Waals surface area contributed by atoms with E-state index in [0.717, 1.165) is 10.1 Å². The summed E-state index contributed by atoms with van der Waals surface area (Å²) < 4.78 is 2.64. The van der Waals surface area contributed by atoms with Crippen molar-refractivity contribution in [2.45, 2.75) is 19.3 Å². The maximum Gasteiger partial charge on any atom is 0.303 e. The summed E-state index contributed by atoms with van der Waals surface area (Å²) in [5, 5.41) is 17.6. The number of carbonyl (C=O) groups is 1. The zero-order valence-electron chi connectivity index (χ0n) is 9.43. The molecule has 0 spiro atoms. The minimum absolute atomic E-state index is 0.0985. The topological polar surface area (TPSA) is 78.4 Å². The van der Waals surface area contributed by atoms with Gasteiger partial charge in [-0.3, -0.25) is 9.20 Å². The first-order valence-electron chi connectivity index (χ1n) is 5.41. The third kappa shape index (κ3) is 2.36. The summed E-state index contributed by atoms with van der Waals surface area (Å²) >= 11 is 3.41. The molecule has 0 saturated carbocycles. The first kappa shape index (κ1) is 12.6. The normalized spacial score (nSPS) is 10.4. The molecular weight excluding hydrogens is 298 g/mol. The number of pyridine rings is 1. The summed E-state index contributed by atoms with van der Waals surface area (Å²) in [5.74, 6) is -0.120. The molecule has 1 N–H and O–H groups in total. The summed E-state index contributed by atoms with van der Waals surface area (Å²) in [5.41, 5.74) is 1.10. The maximum atomic E-state index is 10.5. The van der Waals surface area contributed by atoms with Gasteiger partial charge in [0.2, 0.25) is 0 Å². The Morgan fingerprint density at radius 3 is 3.00 bits per heavy atom. The Hall–Kier alpha value is -1.87. The number of fused-ring (bicyclic) bond motifs is 1. The molecule has 0 aliphatic heterocycles. The van der Waals surface area contributed by atoms with Crippen LogP contribution in [-0.4, -0.2) is 20.5 Å². The summed E-state index contributed by atoms with van der Waals surface area (Å²) in [6.07, 6.45) is 1.12. The van der Waals surface area contributed by atoms with Gasteiger partial charge in [-0.2, -0.15) is 5.26 Å². The van der Waals surface area contributed by atoms with Crippen LogP contribution in [0, 0.1) is 11.3 Å². The highest BCUT2D eigenvalue weighted by Gasteiger charge is 2.12. The molecule has 0 unspecified atom stereocenters. The molecule has 0 aliphatic carbocycles. The first-order chi connectivity index (χ1) is 8.63. The lowest BCUT2D eigenvalue weighted by molar-refractivity contribution is -0.137. The van der Waals surface area contributed by atoms with Crippen LogP contribution in [0.5, 0.6) is 0 Å². The number of hydrogen-bond acceptors (Lipinski definition) is 3. The molecule has 0 fully saturated rings. The summed E-state index contributed by atoms with van der Waals surface area (Å²) in [4.78, 5) is 14.7. The van der Waals surface area contributed by atoms with Crippen LogP contribution in [0.2, 0.25) is 0 Å². The van der Waals surface area contributed by atoms with Crippen LogP contribution in [0.1, 0.15) is 24.4 Å². The number of nitriles is 1. The molecule has 2 rings (SSSR count). The number of aryl methyl sites for hydroxylation is 1. The Morgan fingerprint density at radius 1 is 1.56 bits per heavy atom. The highest BCUT2D eigenvalue weighted by atomic mass is 79.9. The average molecular weight is 308 g/mol. The third-order valence-electron chi connectivity index (χ3n) is 2.58. The highest BCUT2D eigenvalue weighted by Crippen LogP contribution is 2.20. The minimum atomic E-state index is -0.824. The van der Waals surface area contributed by atoms with Gasteiger partial charge < -0.3 is 5.11 Å². The van der Waals surface area contributed by atoms with Crippen LogP contribution in [-0.2, 0) is 11.2 Å². The second kappa shape index (κ2) is 5.19. The van der Waals surface area contributed by atoms with Gasteiger partial charge in [-0.15, -0.1) is 0 Å². The van der Waals surface area contributed by atoms with E-state index in [-0.39, 0.29) is 6.42 Å². The van der Waals surface area contributed by atoms with Crippen molar-refractivity contribution in [3.8, 4) is 6.07 Å². The van der Waals surface area contributed by atoms with Crippen molar-refractivity contribution in [3.63, 3.8) is 0 Å². The molecule has 6 heteroatoms. The molecule has 18 heavy (non-hydrogen) atoms. The van der Waals surface area contributed by atoms with Crippen LogP contribution < -0.4 is 0 Å². The maximum absolute atomic E-state index is 10.5. The Bertz CT molecular complexity index is 643. The molecule has 0 saturated heterocycles. The zero-order chi connectivity index (χ0) is 13.1. The smallest absolute Gasteiger partial charge is 0.303 e. The molecule has 5 nitrogen and oxygen atoms in total. The second-order valence-electron chi connectivity index (χ2n) is 3.80. The van der Waals surface area contributed by atoms with Crippen LogP contribution >= 0.6 is 15.9 Å². The Balaban J connectivity index is 2.39. The van der Waals surface area contributed by atoms with Crippen LogP contribution in [0.15, 0.2) is 22.8 Å². The molecule has 0 amide bonds. The van der Waals surface area contributed by atoms with E-state index in [9.17, 15) is 4.79 Å². The van der Waals surface area contributed by atoms with E-state index < -0.39 is 5.97 Å². The number of rotatable bonds is 4. The van der Waals surface area contributed by atoms with Crippen molar-refractivity contribution in [2.24, 2.45) is 0 Å². The third-order valence-corrected chi connectivity index (χ3v) is 3.20. The number of aromatic nitrogens is 2. The molecule has 92 valence electrons. The Kier molecular flexibility index (Phi) is 3.63. The van der Waals surface area contributed by atoms with Gasteiger partial charge in [0.25, 0.3) is 0 Å². The van der Waals surface area contributed by atoms with E-state index >= 15 is 0 Å². The van der Waals surface area contributed by atoms with E-state index in [4.69, 9.17) is 10.4 Å². The number of nitrogens with zero attached hydrogens (tertiary/aromatic N) is 3.